The molecule has 7 nitrogen and oxygen atoms in total. The first-order valence-electron chi connectivity index (χ1n) is 12.0. The van der Waals surface area contributed by atoms with Crippen molar-refractivity contribution in [3.63, 3.8) is 0 Å². The summed E-state index contributed by atoms with van der Waals surface area (Å²) in [5, 5.41) is 11.6. The molecule has 0 unspecified atom stereocenters. The Bertz CT molecular complexity index is 1300. The van der Waals surface area contributed by atoms with Crippen molar-refractivity contribution in [3.8, 4) is 17.4 Å². The number of benzene rings is 2. The Balaban J connectivity index is 1.81. The van der Waals surface area contributed by atoms with Crippen molar-refractivity contribution in [3.05, 3.63) is 59.2 Å². The van der Waals surface area contributed by atoms with Crippen molar-refractivity contribution in [1.82, 2.24) is 4.72 Å². The molecule has 2 aromatic carbocycles. The summed E-state index contributed by atoms with van der Waals surface area (Å²) in [6, 6.07) is 17.7. The molecule has 35 heavy (non-hydrogen) atoms. The van der Waals surface area contributed by atoms with E-state index in [-0.39, 0.29) is 18.9 Å². The number of rotatable bonds is 13. The first kappa shape index (κ1) is 26.5. The van der Waals surface area contributed by atoms with Gasteiger partial charge in [0.15, 0.2) is 4.91 Å². The Hall–Kier alpha value is -3.12. The van der Waals surface area contributed by atoms with Gasteiger partial charge in [0.25, 0.3) is 10.0 Å². The fraction of sp³-hybridized carbons (Fsp3) is 0.370. The first-order valence-corrected chi connectivity index (χ1v) is 13.5. The third-order valence-electron chi connectivity index (χ3n) is 5.50. The fourth-order valence-electron chi connectivity index (χ4n) is 3.85. The van der Waals surface area contributed by atoms with Gasteiger partial charge in [-0.2, -0.15) is 5.26 Å². The highest BCUT2D eigenvalue weighted by Crippen LogP contribution is 2.29. The third-order valence-corrected chi connectivity index (χ3v) is 6.88. The van der Waals surface area contributed by atoms with Crippen molar-refractivity contribution in [1.29, 1.82) is 5.26 Å². The van der Waals surface area contributed by atoms with Gasteiger partial charge >= 0.3 is 0 Å². The minimum atomic E-state index is -3.95. The Kier molecular flexibility index (Phi) is 9.49. The van der Waals surface area contributed by atoms with Gasteiger partial charge in [-0.15, -0.1) is 0 Å². The van der Waals surface area contributed by atoms with Crippen LogP contribution in [-0.2, 0) is 14.8 Å². The van der Waals surface area contributed by atoms with Crippen LogP contribution in [0.4, 0.5) is 5.69 Å². The van der Waals surface area contributed by atoms with Crippen LogP contribution < -0.4 is 9.62 Å². The molecule has 0 bridgehead atoms. The summed E-state index contributed by atoms with van der Waals surface area (Å²) >= 11 is 0. The van der Waals surface area contributed by atoms with E-state index in [1.165, 1.54) is 11.8 Å². The van der Waals surface area contributed by atoms with E-state index in [0.29, 0.717) is 12.4 Å². The summed E-state index contributed by atoms with van der Waals surface area (Å²) in [5.74, 6) is 0.886. The minimum absolute atomic E-state index is 0.0893. The third kappa shape index (κ3) is 6.95. The van der Waals surface area contributed by atoms with Gasteiger partial charge in [0.1, 0.15) is 17.6 Å². The van der Waals surface area contributed by atoms with E-state index < -0.39 is 14.9 Å². The van der Waals surface area contributed by atoms with Crippen LogP contribution in [0.3, 0.4) is 0 Å². The Morgan fingerprint density at radius 1 is 1.06 bits per heavy atom. The number of hydrogen-bond acceptors (Lipinski definition) is 6. The topological polar surface area (TPSA) is 95.6 Å². The largest absolute Gasteiger partial charge is 0.457 e. The molecule has 3 rings (SSSR count). The lowest BCUT2D eigenvalue weighted by Gasteiger charge is -2.24. The van der Waals surface area contributed by atoms with E-state index in [2.05, 4.69) is 47.7 Å². The number of anilines is 1. The number of sulfonamides is 1. The van der Waals surface area contributed by atoms with Gasteiger partial charge in [-0.25, -0.2) is 13.1 Å². The zero-order valence-corrected chi connectivity index (χ0v) is 21.4. The average molecular weight is 496 g/mol. The highest BCUT2D eigenvalue weighted by Gasteiger charge is 2.18. The molecule has 0 fully saturated rings. The molecule has 0 spiro atoms. The van der Waals surface area contributed by atoms with Crippen LogP contribution in [0.15, 0.2) is 57.9 Å². The van der Waals surface area contributed by atoms with Crippen molar-refractivity contribution in [2.45, 2.75) is 33.6 Å². The maximum absolute atomic E-state index is 12.4. The van der Waals surface area contributed by atoms with Crippen LogP contribution >= 0.6 is 0 Å². The van der Waals surface area contributed by atoms with E-state index in [1.54, 1.807) is 18.2 Å². The molecule has 0 amide bonds. The summed E-state index contributed by atoms with van der Waals surface area (Å²) in [4.78, 5) is 2.00. The van der Waals surface area contributed by atoms with E-state index in [1.807, 2.05) is 19.1 Å². The quantitative estimate of drug-likeness (QED) is 0.247. The van der Waals surface area contributed by atoms with Crippen molar-refractivity contribution in [2.24, 2.45) is 0 Å². The minimum Gasteiger partial charge on any atom is -0.457 e. The van der Waals surface area contributed by atoms with E-state index in [9.17, 15) is 13.7 Å². The fourth-order valence-corrected chi connectivity index (χ4v) is 4.75. The zero-order chi connectivity index (χ0) is 25.3. The number of hydrogen-bond donors (Lipinski definition) is 1. The van der Waals surface area contributed by atoms with Crippen molar-refractivity contribution >= 4 is 32.6 Å². The van der Waals surface area contributed by atoms with Gasteiger partial charge in [-0.1, -0.05) is 32.0 Å². The van der Waals surface area contributed by atoms with Crippen LogP contribution in [0.1, 0.15) is 39.4 Å². The first-order chi connectivity index (χ1) is 16.9. The molecule has 186 valence electrons. The molecule has 0 saturated heterocycles. The molecule has 0 aliphatic rings. The van der Waals surface area contributed by atoms with E-state index in [4.69, 9.17) is 9.15 Å². The maximum Gasteiger partial charge on any atom is 0.250 e. The second kappa shape index (κ2) is 12.5. The summed E-state index contributed by atoms with van der Waals surface area (Å²) in [6.45, 7) is 9.08. The Labute approximate surface area is 208 Å². The highest BCUT2D eigenvalue weighted by atomic mass is 32.2. The van der Waals surface area contributed by atoms with Gasteiger partial charge in [-0.05, 0) is 60.9 Å². The summed E-state index contributed by atoms with van der Waals surface area (Å²) in [5.41, 5.74) is 2.10. The lowest BCUT2D eigenvalue weighted by molar-refractivity contribution is 0.153. The standard InChI is InChI=1S/C27H33N3O4S/c1-4-14-30(15-5-2)24-10-9-21-17-23(8-7-22(21)18-24)27-12-11-25(34-27)19-26(20-28)35(31,32)29-13-16-33-6-3/h7-12,17-19,29H,4-6,13-16H2,1-3H3/b26-19+. The van der Waals surface area contributed by atoms with E-state index in [0.717, 1.165) is 42.3 Å². The lowest BCUT2D eigenvalue weighted by Crippen LogP contribution is -2.28. The average Bonchev–Trinajstić information content (AvgIpc) is 3.33. The second-order valence-corrected chi connectivity index (χ2v) is 9.89. The molecule has 0 aliphatic carbocycles. The van der Waals surface area contributed by atoms with Gasteiger partial charge in [0.2, 0.25) is 0 Å². The molecule has 1 aromatic heterocycles. The van der Waals surface area contributed by atoms with Gasteiger partial charge in [0, 0.05) is 43.6 Å². The summed E-state index contributed by atoms with van der Waals surface area (Å²) in [6.07, 6.45) is 3.44. The molecular weight excluding hydrogens is 462 g/mol. The second-order valence-electron chi connectivity index (χ2n) is 8.15. The summed E-state index contributed by atoms with van der Waals surface area (Å²) in [7, 11) is -3.95. The van der Waals surface area contributed by atoms with E-state index >= 15 is 0 Å². The lowest BCUT2D eigenvalue weighted by atomic mass is 10.0. The van der Waals surface area contributed by atoms with Crippen LogP contribution in [-0.4, -0.2) is 41.3 Å². The number of nitriles is 1. The van der Waals surface area contributed by atoms with Gasteiger partial charge in [0.05, 0.1) is 6.61 Å². The van der Waals surface area contributed by atoms with Crippen molar-refractivity contribution in [2.75, 3.05) is 37.7 Å². The Morgan fingerprint density at radius 2 is 1.77 bits per heavy atom. The number of furan rings is 1. The van der Waals surface area contributed by atoms with Crippen LogP contribution in [0.5, 0.6) is 0 Å². The number of ether oxygens (including phenoxy) is 1. The predicted molar refractivity (Wildman–Crippen MR) is 141 cm³/mol. The highest BCUT2D eigenvalue weighted by molar-refractivity contribution is 7.93. The van der Waals surface area contributed by atoms with Crippen LogP contribution in [0.2, 0.25) is 0 Å². The van der Waals surface area contributed by atoms with Crippen molar-refractivity contribution < 1.29 is 17.6 Å². The molecule has 0 radical (unpaired) electrons. The normalized spacial score (nSPS) is 12.1. The molecule has 3 aromatic rings. The van der Waals surface area contributed by atoms with Crippen LogP contribution in [0, 0.1) is 11.3 Å². The monoisotopic (exact) mass is 495 g/mol. The smallest absolute Gasteiger partial charge is 0.250 e. The summed E-state index contributed by atoms with van der Waals surface area (Å²) < 4.78 is 38.2. The van der Waals surface area contributed by atoms with Gasteiger partial charge in [-0.3, -0.25) is 0 Å². The molecule has 0 atom stereocenters. The number of allylic oxidation sites excluding steroid dienone is 1. The number of fused-ring (bicyclic) bond motifs is 1. The van der Waals surface area contributed by atoms with Gasteiger partial charge < -0.3 is 14.1 Å². The maximum atomic E-state index is 12.4. The number of nitrogens with one attached hydrogen (secondary N) is 1. The molecule has 1 N–H and O–H groups in total. The molecule has 0 saturated carbocycles. The molecular formula is C27H33N3O4S. The molecule has 0 aliphatic heterocycles. The van der Waals surface area contributed by atoms with Crippen LogP contribution in [0.25, 0.3) is 28.2 Å². The number of nitrogens with zero attached hydrogens (tertiary/aromatic N) is 2. The Morgan fingerprint density at radius 3 is 2.46 bits per heavy atom. The molecule has 1 heterocycles. The molecule has 8 heteroatoms. The zero-order valence-electron chi connectivity index (χ0n) is 20.6. The SMILES string of the molecule is CCCN(CCC)c1ccc2cc(-c3ccc(/C=C(\C#N)S(=O)(=O)NCCOCC)o3)ccc2c1. The predicted octanol–water partition coefficient (Wildman–Crippen LogP) is 5.55.